The number of halogens is 9. The summed E-state index contributed by atoms with van der Waals surface area (Å²) in [5, 5.41) is 2.75. The Kier molecular flexibility index (Phi) is 6.45. The molecule has 2 bridgehead atoms. The van der Waals surface area contributed by atoms with Crippen molar-refractivity contribution in [2.45, 2.75) is 74.7 Å². The van der Waals surface area contributed by atoms with Crippen LogP contribution < -0.4 is 25.4 Å². The highest BCUT2D eigenvalue weighted by molar-refractivity contribution is 5.97. The standard InChI is InChI=1S/C29H27F9N8O2/c1-10-17(28(33,34)35)12(5-15(39)40-10)19-18(30)20-16-23(44-25(43-20)47-7-14-26(9-45(14)2)8-27(26,31)32)46-6-11-3-4-13(41-11)21(46)22(29(36,37)38)48-24(16)42-19/h5,11,13-14,21-22,41H,3-4,6-9H2,1-2H3,(H2,39,40)/t11-,13+,14-,21+,22-,26+/m1/s1. The monoisotopic (exact) mass is 690 g/mol. The predicted octanol–water partition coefficient (Wildman–Crippen LogP) is 4.49. The summed E-state index contributed by atoms with van der Waals surface area (Å²) in [5.41, 5.74) is -0.267. The van der Waals surface area contributed by atoms with Crippen LogP contribution in [-0.4, -0.2) is 94.0 Å². The molecule has 0 unspecified atom stereocenters. The Balaban J connectivity index is 1.34. The lowest BCUT2D eigenvalue weighted by atomic mass is 9.85. The molecular formula is C29H27F9N8O2. The van der Waals surface area contributed by atoms with Crippen molar-refractivity contribution in [3.05, 3.63) is 23.1 Å². The first kappa shape index (κ1) is 31.4. The van der Waals surface area contributed by atoms with E-state index in [2.05, 4.69) is 25.3 Å². The Morgan fingerprint density at radius 1 is 1.10 bits per heavy atom. The predicted molar refractivity (Wildman–Crippen MR) is 150 cm³/mol. The number of nitrogens with two attached hydrogens (primary N) is 1. The van der Waals surface area contributed by atoms with Gasteiger partial charge in [-0.15, -0.1) is 0 Å². The average molecular weight is 691 g/mol. The number of nitrogen functional groups attached to an aromatic ring is 1. The van der Waals surface area contributed by atoms with Gasteiger partial charge in [0, 0.05) is 37.2 Å². The maximum absolute atomic E-state index is 16.7. The van der Waals surface area contributed by atoms with Crippen molar-refractivity contribution in [2.75, 3.05) is 37.4 Å². The van der Waals surface area contributed by atoms with Crippen LogP contribution in [0, 0.1) is 18.2 Å². The molecule has 48 heavy (non-hydrogen) atoms. The van der Waals surface area contributed by atoms with Gasteiger partial charge in [-0.3, -0.25) is 4.90 Å². The van der Waals surface area contributed by atoms with Gasteiger partial charge in [-0.2, -0.15) is 36.3 Å². The zero-order chi connectivity index (χ0) is 34.3. The third-order valence-corrected chi connectivity index (χ3v) is 10.3. The SMILES string of the molecule is Cc1nc(N)cc(-c2nc3c4c(nc(OC[C@H]5N(C)C[C@@]56CC6(F)F)nc4c2F)N2C[C@H]4CC[C@H](N4)[C@H]2[C@H](C(F)(F)F)O3)c1C(F)(F)F. The zero-order valence-electron chi connectivity index (χ0n) is 25.2. The van der Waals surface area contributed by atoms with Gasteiger partial charge in [0.25, 0.3) is 5.92 Å². The number of piperazine rings is 1. The molecule has 6 atom stereocenters. The summed E-state index contributed by atoms with van der Waals surface area (Å²) in [6, 6.07) is -3.06. The Hall–Kier alpha value is -3.87. The normalized spacial score (nSPS) is 30.6. The van der Waals surface area contributed by atoms with Crippen molar-refractivity contribution in [3.8, 4) is 23.1 Å². The van der Waals surface area contributed by atoms with Gasteiger partial charge in [-0.1, -0.05) is 0 Å². The Morgan fingerprint density at radius 3 is 2.48 bits per heavy atom. The van der Waals surface area contributed by atoms with Crippen molar-refractivity contribution >= 4 is 22.5 Å². The molecule has 5 aliphatic rings. The van der Waals surface area contributed by atoms with Crippen LogP contribution >= 0.6 is 0 Å². The van der Waals surface area contributed by atoms with Gasteiger partial charge in [0.15, 0.2) is 5.82 Å². The van der Waals surface area contributed by atoms with Crippen molar-refractivity contribution in [3.63, 3.8) is 0 Å². The number of nitrogens with one attached hydrogen (secondary N) is 1. The van der Waals surface area contributed by atoms with Gasteiger partial charge in [-0.25, -0.2) is 23.1 Å². The average Bonchev–Trinajstić information content (AvgIpc) is 3.40. The highest BCUT2D eigenvalue weighted by atomic mass is 19.4. The highest BCUT2D eigenvalue weighted by Crippen LogP contribution is 2.68. The van der Waals surface area contributed by atoms with E-state index in [-0.39, 0.29) is 38.0 Å². The second-order valence-corrected chi connectivity index (χ2v) is 13.2. The molecule has 1 saturated carbocycles. The molecule has 3 aromatic heterocycles. The minimum absolute atomic E-state index is 0.00945. The van der Waals surface area contributed by atoms with Crippen molar-refractivity contribution in [1.29, 1.82) is 0 Å². The molecule has 7 heterocycles. The molecule has 8 rings (SSSR count). The number of likely N-dealkylation sites (tertiary alicyclic amines) is 1. The summed E-state index contributed by atoms with van der Waals surface area (Å²) < 4.78 is 144. The van der Waals surface area contributed by atoms with Gasteiger partial charge in [0.1, 0.15) is 34.8 Å². The fraction of sp³-hybridized carbons (Fsp3) is 0.586. The number of rotatable bonds is 4. The minimum atomic E-state index is -5.10. The molecule has 3 N–H and O–H groups in total. The van der Waals surface area contributed by atoms with Gasteiger partial charge in [0.05, 0.1) is 28.8 Å². The fourth-order valence-corrected chi connectivity index (χ4v) is 8.07. The number of likely N-dealkylation sites (N-methyl/N-ethyl adjacent to an activating group) is 1. The Labute approximate surface area is 265 Å². The Bertz CT molecular complexity index is 1860. The number of aromatic nitrogens is 4. The maximum atomic E-state index is 16.7. The molecule has 0 aromatic carbocycles. The summed E-state index contributed by atoms with van der Waals surface area (Å²) in [6.45, 7) is 0.735. The maximum Gasteiger partial charge on any atom is 0.427 e. The van der Waals surface area contributed by atoms with E-state index in [1.165, 1.54) is 4.90 Å². The number of ether oxygens (including phenoxy) is 2. The van der Waals surface area contributed by atoms with Gasteiger partial charge >= 0.3 is 18.4 Å². The largest absolute Gasteiger partial charge is 0.462 e. The number of aryl methyl sites for hydroxylation is 1. The number of fused-ring (bicyclic) bond motifs is 5. The first-order valence-electron chi connectivity index (χ1n) is 15.1. The van der Waals surface area contributed by atoms with E-state index in [0.717, 1.165) is 6.92 Å². The van der Waals surface area contributed by atoms with E-state index in [0.29, 0.717) is 18.9 Å². The summed E-state index contributed by atoms with van der Waals surface area (Å²) in [4.78, 5) is 19.0. The van der Waals surface area contributed by atoms with Crippen molar-refractivity contribution < 1.29 is 49.0 Å². The van der Waals surface area contributed by atoms with Crippen LogP contribution in [0.25, 0.3) is 22.2 Å². The first-order chi connectivity index (χ1) is 22.4. The first-order valence-corrected chi connectivity index (χ1v) is 15.1. The van der Waals surface area contributed by atoms with Crippen LogP contribution in [0.5, 0.6) is 11.9 Å². The molecule has 0 radical (unpaired) electrons. The molecular weight excluding hydrogens is 663 g/mol. The summed E-state index contributed by atoms with van der Waals surface area (Å²) in [7, 11) is 1.61. The van der Waals surface area contributed by atoms with Crippen LogP contribution in [-0.2, 0) is 6.18 Å². The topological polar surface area (TPSA) is 115 Å². The number of alkyl halides is 8. The van der Waals surface area contributed by atoms with Crippen LogP contribution in [0.3, 0.4) is 0 Å². The van der Waals surface area contributed by atoms with E-state index in [1.54, 1.807) is 11.9 Å². The molecule has 4 fully saturated rings. The number of nitrogens with zero attached hydrogens (tertiary/aromatic N) is 6. The number of hydrogen-bond acceptors (Lipinski definition) is 10. The van der Waals surface area contributed by atoms with Gasteiger partial charge in [-0.05, 0) is 32.9 Å². The highest BCUT2D eigenvalue weighted by Gasteiger charge is 2.79. The molecule has 19 heteroatoms. The summed E-state index contributed by atoms with van der Waals surface area (Å²) >= 11 is 0. The zero-order valence-corrected chi connectivity index (χ0v) is 25.2. The van der Waals surface area contributed by atoms with Crippen LogP contribution in [0.2, 0.25) is 0 Å². The third-order valence-electron chi connectivity index (χ3n) is 10.3. The molecule has 10 nitrogen and oxygen atoms in total. The van der Waals surface area contributed by atoms with E-state index in [1.807, 2.05) is 0 Å². The summed E-state index contributed by atoms with van der Waals surface area (Å²) in [5.74, 6) is -5.85. The van der Waals surface area contributed by atoms with Crippen LogP contribution in [0.15, 0.2) is 6.07 Å². The van der Waals surface area contributed by atoms with Crippen LogP contribution in [0.4, 0.5) is 51.1 Å². The van der Waals surface area contributed by atoms with E-state index < -0.39 is 105 Å². The van der Waals surface area contributed by atoms with E-state index in [4.69, 9.17) is 15.2 Å². The number of hydrogen-bond donors (Lipinski definition) is 2. The fourth-order valence-electron chi connectivity index (χ4n) is 8.07. The lowest BCUT2D eigenvalue weighted by molar-refractivity contribution is -0.203. The van der Waals surface area contributed by atoms with Crippen molar-refractivity contribution in [2.24, 2.45) is 5.41 Å². The number of pyridine rings is 2. The minimum Gasteiger partial charge on any atom is -0.462 e. The van der Waals surface area contributed by atoms with E-state index >= 15 is 4.39 Å². The molecule has 4 aliphatic heterocycles. The molecule has 1 aliphatic carbocycles. The second-order valence-electron chi connectivity index (χ2n) is 13.2. The molecule has 0 amide bonds. The van der Waals surface area contributed by atoms with Crippen molar-refractivity contribution in [1.82, 2.24) is 30.2 Å². The third kappa shape index (κ3) is 4.48. The molecule has 3 saturated heterocycles. The molecule has 258 valence electrons. The lowest BCUT2D eigenvalue weighted by Crippen LogP contribution is -2.66. The molecule has 3 aromatic rings. The van der Waals surface area contributed by atoms with Gasteiger partial charge < -0.3 is 25.4 Å². The second kappa shape index (κ2) is 9.86. The number of anilines is 2. The summed E-state index contributed by atoms with van der Waals surface area (Å²) in [6.07, 6.45) is -12.1. The Morgan fingerprint density at radius 2 is 1.83 bits per heavy atom. The van der Waals surface area contributed by atoms with E-state index in [9.17, 15) is 35.1 Å². The quantitative estimate of drug-likeness (QED) is 0.380. The lowest BCUT2D eigenvalue weighted by Gasteiger charge is -2.46. The smallest absolute Gasteiger partial charge is 0.427 e. The van der Waals surface area contributed by atoms with Gasteiger partial charge in [0.2, 0.25) is 12.0 Å². The van der Waals surface area contributed by atoms with Crippen LogP contribution in [0.1, 0.15) is 30.5 Å². The molecule has 1 spiro atoms.